The first-order valence-electron chi connectivity index (χ1n) is 14.5. The maximum Gasteiger partial charge on any atom is 0.330 e. The molecule has 0 amide bonds. The molecule has 1 aliphatic heterocycles. The average molecular weight is 595 g/mol. The van der Waals surface area contributed by atoms with Crippen molar-refractivity contribution in [3.8, 4) is 0 Å². The summed E-state index contributed by atoms with van der Waals surface area (Å²) in [6.07, 6.45) is 0.726. The number of benzene rings is 2. The van der Waals surface area contributed by atoms with Gasteiger partial charge in [0.15, 0.2) is 8.32 Å². The standard InChI is InChI=1S/C32H46N2O5Si2/c1-23-21-34(30(36)33-29(23)35)28-20-26(27(38-28)22-37-40(8,9)31(2,3)4)39-41(32(5,6)7,24-16-12-10-13-17-24)25-18-14-11-15-19-25/h10-19,21,26-28H,20,22H2,1-9H3,(H,33,35,36)/t26-,27-,28-/m1/s1. The van der Waals surface area contributed by atoms with Gasteiger partial charge >= 0.3 is 5.69 Å². The minimum Gasteiger partial charge on any atom is -0.414 e. The van der Waals surface area contributed by atoms with Crippen LogP contribution in [0.15, 0.2) is 76.4 Å². The molecule has 41 heavy (non-hydrogen) atoms. The molecule has 0 bridgehead atoms. The van der Waals surface area contributed by atoms with Gasteiger partial charge in [-0.2, -0.15) is 0 Å². The maximum absolute atomic E-state index is 12.9. The van der Waals surface area contributed by atoms with Crippen molar-refractivity contribution in [1.29, 1.82) is 0 Å². The molecule has 9 heteroatoms. The molecule has 1 N–H and O–H groups in total. The lowest BCUT2D eigenvalue weighted by Crippen LogP contribution is -2.68. The number of hydrogen-bond donors (Lipinski definition) is 1. The van der Waals surface area contributed by atoms with Gasteiger partial charge in [0, 0.05) is 18.2 Å². The van der Waals surface area contributed by atoms with Crippen LogP contribution in [-0.4, -0.2) is 45.0 Å². The fraction of sp³-hybridized carbons (Fsp3) is 0.500. The van der Waals surface area contributed by atoms with Crippen LogP contribution >= 0.6 is 0 Å². The molecule has 1 aromatic heterocycles. The van der Waals surface area contributed by atoms with E-state index in [1.165, 1.54) is 14.9 Å². The van der Waals surface area contributed by atoms with E-state index in [0.717, 1.165) is 0 Å². The van der Waals surface area contributed by atoms with Gasteiger partial charge < -0.3 is 13.6 Å². The van der Waals surface area contributed by atoms with Gasteiger partial charge in [-0.15, -0.1) is 0 Å². The first kappa shape index (κ1) is 31.4. The van der Waals surface area contributed by atoms with Crippen molar-refractivity contribution >= 4 is 27.0 Å². The van der Waals surface area contributed by atoms with E-state index in [-0.39, 0.29) is 21.7 Å². The number of ether oxygens (including phenoxy) is 1. The number of aromatic nitrogens is 2. The predicted molar refractivity (Wildman–Crippen MR) is 170 cm³/mol. The molecule has 0 saturated carbocycles. The van der Waals surface area contributed by atoms with Gasteiger partial charge in [0.05, 0.1) is 12.7 Å². The Morgan fingerprint density at radius 2 is 1.44 bits per heavy atom. The normalized spacial score (nSPS) is 20.4. The van der Waals surface area contributed by atoms with E-state index in [2.05, 4.69) is 108 Å². The fourth-order valence-electron chi connectivity index (χ4n) is 5.37. The summed E-state index contributed by atoms with van der Waals surface area (Å²) in [4.78, 5) is 27.4. The van der Waals surface area contributed by atoms with E-state index < -0.39 is 34.7 Å². The van der Waals surface area contributed by atoms with Crippen LogP contribution in [0.1, 0.15) is 59.8 Å². The Hall–Kier alpha value is -2.57. The van der Waals surface area contributed by atoms with Crippen molar-refractivity contribution in [2.24, 2.45) is 0 Å². The minimum atomic E-state index is -2.90. The van der Waals surface area contributed by atoms with Crippen molar-refractivity contribution < 1.29 is 13.6 Å². The number of H-pyrrole nitrogens is 1. The molecule has 1 fully saturated rings. The van der Waals surface area contributed by atoms with Gasteiger partial charge in [-0.3, -0.25) is 14.3 Å². The van der Waals surface area contributed by atoms with Gasteiger partial charge in [0.1, 0.15) is 12.3 Å². The second-order valence-electron chi connectivity index (χ2n) is 13.7. The number of aryl methyl sites for hydroxylation is 1. The number of rotatable bonds is 8. The summed E-state index contributed by atoms with van der Waals surface area (Å²) in [6, 6.07) is 21.1. The van der Waals surface area contributed by atoms with Gasteiger partial charge in [-0.1, -0.05) is 102 Å². The molecule has 0 spiro atoms. The molecule has 0 aliphatic carbocycles. The molecule has 3 aromatic rings. The number of aromatic amines is 1. The number of nitrogens with zero attached hydrogens (tertiary/aromatic N) is 1. The summed E-state index contributed by atoms with van der Waals surface area (Å²) in [5.41, 5.74) is -0.415. The van der Waals surface area contributed by atoms with Crippen LogP contribution in [-0.2, 0) is 13.6 Å². The van der Waals surface area contributed by atoms with Crippen LogP contribution in [0.3, 0.4) is 0 Å². The number of nitrogens with one attached hydrogen (secondary N) is 1. The van der Waals surface area contributed by atoms with Crippen molar-refractivity contribution in [3.05, 3.63) is 93.3 Å². The predicted octanol–water partition coefficient (Wildman–Crippen LogP) is 5.10. The van der Waals surface area contributed by atoms with E-state index in [0.29, 0.717) is 18.6 Å². The van der Waals surface area contributed by atoms with Crippen molar-refractivity contribution in [2.45, 2.75) is 96.5 Å². The molecular weight excluding hydrogens is 549 g/mol. The summed E-state index contributed by atoms with van der Waals surface area (Å²) in [6.45, 7) is 19.9. The lowest BCUT2D eigenvalue weighted by molar-refractivity contribution is -0.0408. The summed E-state index contributed by atoms with van der Waals surface area (Å²) in [5, 5.41) is 2.18. The zero-order valence-corrected chi connectivity index (χ0v) is 28.0. The van der Waals surface area contributed by atoms with Crippen LogP contribution in [0.4, 0.5) is 0 Å². The topological polar surface area (TPSA) is 82.6 Å². The van der Waals surface area contributed by atoms with Crippen LogP contribution in [0.2, 0.25) is 23.2 Å². The van der Waals surface area contributed by atoms with E-state index in [9.17, 15) is 9.59 Å². The molecule has 1 aliphatic rings. The van der Waals surface area contributed by atoms with Crippen LogP contribution in [0.5, 0.6) is 0 Å². The van der Waals surface area contributed by atoms with Crippen molar-refractivity contribution in [1.82, 2.24) is 9.55 Å². The molecule has 1 saturated heterocycles. The smallest absolute Gasteiger partial charge is 0.330 e. The Kier molecular flexibility index (Phi) is 8.88. The molecule has 222 valence electrons. The minimum absolute atomic E-state index is 0.0340. The fourth-order valence-corrected chi connectivity index (χ4v) is 11.1. The molecule has 3 atom stereocenters. The maximum atomic E-state index is 12.9. The molecule has 7 nitrogen and oxygen atoms in total. The lowest BCUT2D eigenvalue weighted by Gasteiger charge is -2.45. The highest BCUT2D eigenvalue weighted by atomic mass is 28.4. The first-order valence-corrected chi connectivity index (χ1v) is 19.3. The first-order chi connectivity index (χ1) is 19.1. The summed E-state index contributed by atoms with van der Waals surface area (Å²) in [5.74, 6) is 0. The molecule has 0 radical (unpaired) electrons. The summed E-state index contributed by atoms with van der Waals surface area (Å²) < 4.78 is 22.3. The molecule has 2 heterocycles. The Balaban J connectivity index is 1.81. The highest BCUT2D eigenvalue weighted by Crippen LogP contribution is 2.42. The van der Waals surface area contributed by atoms with Gasteiger partial charge in [0.25, 0.3) is 13.9 Å². The van der Waals surface area contributed by atoms with Crippen LogP contribution in [0, 0.1) is 6.92 Å². The number of hydrogen-bond acceptors (Lipinski definition) is 5. The van der Waals surface area contributed by atoms with Crippen LogP contribution < -0.4 is 21.6 Å². The van der Waals surface area contributed by atoms with Gasteiger partial charge in [0.2, 0.25) is 0 Å². The second-order valence-corrected chi connectivity index (χ2v) is 22.8. The monoisotopic (exact) mass is 594 g/mol. The molecule has 0 unspecified atom stereocenters. The SMILES string of the molecule is Cc1cn([C@H]2C[C@@H](O[Si](c3ccccc3)(c3ccccc3)C(C)(C)C)[C@@H](CO[Si](C)(C)C(C)(C)C)O2)c(=O)[nH]c1=O. The summed E-state index contributed by atoms with van der Waals surface area (Å²) in [7, 11) is -5.00. The van der Waals surface area contributed by atoms with Crippen molar-refractivity contribution in [2.75, 3.05) is 6.61 Å². The largest absolute Gasteiger partial charge is 0.414 e. The van der Waals surface area contributed by atoms with Gasteiger partial charge in [-0.25, -0.2) is 4.79 Å². The third-order valence-electron chi connectivity index (χ3n) is 8.80. The highest BCUT2D eigenvalue weighted by molar-refractivity contribution is 6.99. The molecular formula is C32H46N2O5Si2. The molecule has 4 rings (SSSR count). The van der Waals surface area contributed by atoms with E-state index >= 15 is 0 Å². The Morgan fingerprint density at radius 3 is 1.93 bits per heavy atom. The van der Waals surface area contributed by atoms with E-state index in [1.807, 2.05) is 12.1 Å². The van der Waals surface area contributed by atoms with Gasteiger partial charge in [-0.05, 0) is 40.5 Å². The second kappa shape index (κ2) is 11.6. The average Bonchev–Trinajstić information content (AvgIpc) is 3.30. The third-order valence-corrected chi connectivity index (χ3v) is 18.4. The zero-order chi connectivity index (χ0) is 30.2. The van der Waals surface area contributed by atoms with E-state index in [1.54, 1.807) is 13.1 Å². The van der Waals surface area contributed by atoms with Crippen molar-refractivity contribution in [3.63, 3.8) is 0 Å². The third kappa shape index (κ3) is 6.29. The summed E-state index contributed by atoms with van der Waals surface area (Å²) >= 11 is 0. The quantitative estimate of drug-likeness (QED) is 0.367. The Bertz CT molecular complexity index is 1400. The van der Waals surface area contributed by atoms with E-state index in [4.69, 9.17) is 13.6 Å². The highest BCUT2D eigenvalue weighted by Gasteiger charge is 2.54. The zero-order valence-electron chi connectivity index (χ0n) is 26.0. The Morgan fingerprint density at radius 1 is 0.902 bits per heavy atom. The van der Waals surface area contributed by atoms with Crippen LogP contribution in [0.25, 0.3) is 0 Å². The molecule has 2 aromatic carbocycles. The lowest BCUT2D eigenvalue weighted by atomic mass is 10.2. The Labute approximate surface area is 246 Å².